The van der Waals surface area contributed by atoms with Crippen LogP contribution < -0.4 is 5.32 Å². The number of thiophene rings is 1. The highest BCUT2D eigenvalue weighted by atomic mass is 79.9. The SMILES string of the molecule is CCCCCCCCCCCCCC(CCCCCCCCCC)CNC(=O)C(=O)c1ccc(Br)s1. The number of unbranched alkanes of at least 4 members (excludes halogenated alkanes) is 17. The van der Waals surface area contributed by atoms with Gasteiger partial charge in [-0.15, -0.1) is 11.3 Å². The van der Waals surface area contributed by atoms with E-state index in [0.29, 0.717) is 17.3 Å². The van der Waals surface area contributed by atoms with Crippen LogP contribution in [0, 0.1) is 5.92 Å². The van der Waals surface area contributed by atoms with E-state index < -0.39 is 11.7 Å². The molecule has 0 radical (unpaired) electrons. The van der Waals surface area contributed by atoms with Crippen LogP contribution in [0.1, 0.15) is 158 Å². The molecule has 0 bridgehead atoms. The van der Waals surface area contributed by atoms with E-state index in [0.717, 1.165) is 16.6 Å². The van der Waals surface area contributed by atoms with E-state index >= 15 is 0 Å². The third-order valence-electron chi connectivity index (χ3n) is 7.24. The molecule has 36 heavy (non-hydrogen) atoms. The largest absolute Gasteiger partial charge is 0.349 e. The summed E-state index contributed by atoms with van der Waals surface area (Å²) in [7, 11) is 0. The van der Waals surface area contributed by atoms with E-state index in [2.05, 4.69) is 35.1 Å². The number of ketones is 1. The zero-order chi connectivity index (χ0) is 26.3. The summed E-state index contributed by atoms with van der Waals surface area (Å²) in [5.74, 6) is -0.383. The minimum Gasteiger partial charge on any atom is -0.349 e. The lowest BCUT2D eigenvalue weighted by Crippen LogP contribution is -2.34. The van der Waals surface area contributed by atoms with Gasteiger partial charge < -0.3 is 5.32 Å². The summed E-state index contributed by atoms with van der Waals surface area (Å²) in [5.41, 5.74) is 0. The number of nitrogens with one attached hydrogen (secondary N) is 1. The third kappa shape index (κ3) is 17.7. The molecule has 0 aliphatic rings. The lowest BCUT2D eigenvalue weighted by Gasteiger charge is -2.17. The van der Waals surface area contributed by atoms with Crippen LogP contribution in [0.15, 0.2) is 15.9 Å². The first kappa shape index (κ1) is 33.3. The molecule has 1 aromatic rings. The van der Waals surface area contributed by atoms with Crippen LogP contribution in [0.5, 0.6) is 0 Å². The number of hydrogen-bond acceptors (Lipinski definition) is 3. The van der Waals surface area contributed by atoms with E-state index in [1.165, 1.54) is 133 Å². The van der Waals surface area contributed by atoms with Gasteiger partial charge in [-0.3, -0.25) is 9.59 Å². The van der Waals surface area contributed by atoms with Crippen LogP contribution in [0.2, 0.25) is 0 Å². The van der Waals surface area contributed by atoms with Crippen molar-refractivity contribution in [3.8, 4) is 0 Å². The van der Waals surface area contributed by atoms with E-state index in [1.807, 2.05) is 6.07 Å². The summed E-state index contributed by atoms with van der Waals surface area (Å²) < 4.78 is 0.878. The maximum absolute atomic E-state index is 12.4. The number of amides is 1. The Morgan fingerprint density at radius 1 is 0.694 bits per heavy atom. The third-order valence-corrected chi connectivity index (χ3v) is 8.86. The Balaban J connectivity index is 2.28. The van der Waals surface area contributed by atoms with Gasteiger partial charge in [-0.1, -0.05) is 136 Å². The fourth-order valence-electron chi connectivity index (χ4n) is 4.88. The Hall–Kier alpha value is -0.680. The molecule has 1 unspecified atom stereocenters. The summed E-state index contributed by atoms with van der Waals surface area (Å²) in [6.07, 6.45) is 27.9. The number of carbonyl (C=O) groups is 2. The van der Waals surface area contributed by atoms with Crippen molar-refractivity contribution in [2.75, 3.05) is 6.54 Å². The first-order valence-electron chi connectivity index (χ1n) is 15.2. The number of hydrogen-bond donors (Lipinski definition) is 1. The smallest absolute Gasteiger partial charge is 0.293 e. The molecule has 208 valence electrons. The molecule has 0 aliphatic heterocycles. The average molecular weight is 585 g/mol. The molecule has 1 amide bonds. The van der Waals surface area contributed by atoms with Crippen molar-refractivity contribution < 1.29 is 9.59 Å². The molecule has 0 spiro atoms. The summed E-state index contributed by atoms with van der Waals surface area (Å²) in [6, 6.07) is 3.54. The second kappa shape index (κ2) is 23.4. The Bertz CT molecular complexity index is 675. The van der Waals surface area contributed by atoms with Crippen LogP contribution in [0.4, 0.5) is 0 Å². The van der Waals surface area contributed by atoms with Gasteiger partial charge in [0.1, 0.15) is 0 Å². The molecule has 1 rings (SSSR count). The van der Waals surface area contributed by atoms with Crippen molar-refractivity contribution >= 4 is 39.0 Å². The minimum absolute atomic E-state index is 0.411. The van der Waals surface area contributed by atoms with Gasteiger partial charge in [-0.25, -0.2) is 0 Å². The first-order valence-corrected chi connectivity index (χ1v) is 16.8. The summed E-state index contributed by atoms with van der Waals surface area (Å²) in [4.78, 5) is 25.4. The lowest BCUT2D eigenvalue weighted by molar-refractivity contribution is -0.117. The zero-order valence-electron chi connectivity index (χ0n) is 23.4. The molecule has 0 saturated heterocycles. The van der Waals surface area contributed by atoms with E-state index in [4.69, 9.17) is 0 Å². The van der Waals surface area contributed by atoms with Crippen molar-refractivity contribution in [2.24, 2.45) is 5.92 Å². The standard InChI is InChI=1S/C31H54BrNO2S/c1-3-5-7-9-11-13-14-15-17-19-21-23-27(22-20-18-16-12-10-8-6-4-2)26-33-31(35)30(34)28-24-25-29(32)36-28/h24-25,27H,3-23,26H2,1-2H3,(H,33,35). The zero-order valence-corrected chi connectivity index (χ0v) is 25.8. The van der Waals surface area contributed by atoms with Gasteiger partial charge in [-0.2, -0.15) is 0 Å². The highest BCUT2D eigenvalue weighted by molar-refractivity contribution is 9.11. The van der Waals surface area contributed by atoms with E-state index in [-0.39, 0.29) is 0 Å². The Morgan fingerprint density at radius 2 is 1.11 bits per heavy atom. The number of Topliss-reactive ketones (excluding diaryl/α,β-unsaturated/α-hetero) is 1. The normalized spacial score (nSPS) is 12.1. The molecule has 1 aromatic heterocycles. The van der Waals surface area contributed by atoms with E-state index in [9.17, 15) is 9.59 Å². The highest BCUT2D eigenvalue weighted by Gasteiger charge is 2.19. The van der Waals surface area contributed by atoms with Crippen LogP contribution in [0.3, 0.4) is 0 Å². The number of carbonyl (C=O) groups excluding carboxylic acids is 2. The first-order chi connectivity index (χ1) is 17.6. The fourth-order valence-corrected chi connectivity index (χ4v) is 6.20. The Labute approximate surface area is 235 Å². The molecule has 5 heteroatoms. The van der Waals surface area contributed by atoms with Crippen LogP contribution >= 0.6 is 27.3 Å². The summed E-state index contributed by atoms with van der Waals surface area (Å²) in [6.45, 7) is 5.17. The number of rotatable bonds is 25. The van der Waals surface area contributed by atoms with Gasteiger partial charge in [0.05, 0.1) is 8.66 Å². The van der Waals surface area contributed by atoms with Crippen LogP contribution in [0.25, 0.3) is 0 Å². The second-order valence-electron chi connectivity index (χ2n) is 10.6. The van der Waals surface area contributed by atoms with E-state index in [1.54, 1.807) is 6.07 Å². The van der Waals surface area contributed by atoms with Gasteiger partial charge in [0.15, 0.2) is 0 Å². The lowest BCUT2D eigenvalue weighted by atomic mass is 9.93. The molecule has 1 atom stereocenters. The molecule has 0 aromatic carbocycles. The van der Waals surface area contributed by atoms with Crippen LogP contribution in [-0.2, 0) is 4.79 Å². The Morgan fingerprint density at radius 3 is 1.50 bits per heavy atom. The number of halogens is 1. The second-order valence-corrected chi connectivity index (χ2v) is 13.1. The molecule has 1 N–H and O–H groups in total. The highest BCUT2D eigenvalue weighted by Crippen LogP contribution is 2.23. The minimum atomic E-state index is -0.454. The monoisotopic (exact) mass is 583 g/mol. The quantitative estimate of drug-likeness (QED) is 0.0706. The molecular weight excluding hydrogens is 530 g/mol. The predicted molar refractivity (Wildman–Crippen MR) is 161 cm³/mol. The molecule has 1 heterocycles. The van der Waals surface area contributed by atoms with Crippen molar-refractivity contribution in [1.29, 1.82) is 0 Å². The van der Waals surface area contributed by atoms with Gasteiger partial charge in [-0.05, 0) is 46.8 Å². The summed E-state index contributed by atoms with van der Waals surface area (Å²) in [5, 5.41) is 2.96. The van der Waals surface area contributed by atoms with Crippen molar-refractivity contribution in [1.82, 2.24) is 5.32 Å². The van der Waals surface area contributed by atoms with Crippen molar-refractivity contribution in [3.05, 3.63) is 20.8 Å². The van der Waals surface area contributed by atoms with Crippen molar-refractivity contribution in [2.45, 2.75) is 149 Å². The van der Waals surface area contributed by atoms with Gasteiger partial charge in [0.25, 0.3) is 11.7 Å². The molecule has 0 fully saturated rings. The molecular formula is C31H54BrNO2S. The average Bonchev–Trinajstić information content (AvgIpc) is 3.32. The molecule has 0 saturated carbocycles. The maximum Gasteiger partial charge on any atom is 0.293 e. The maximum atomic E-state index is 12.4. The van der Waals surface area contributed by atoms with Crippen LogP contribution in [-0.4, -0.2) is 18.2 Å². The topological polar surface area (TPSA) is 46.2 Å². The molecule has 0 aliphatic carbocycles. The molecule has 3 nitrogen and oxygen atoms in total. The summed E-state index contributed by atoms with van der Waals surface area (Å²) >= 11 is 4.69. The van der Waals surface area contributed by atoms with Crippen molar-refractivity contribution in [3.63, 3.8) is 0 Å². The van der Waals surface area contributed by atoms with Gasteiger partial charge >= 0.3 is 0 Å². The predicted octanol–water partition coefficient (Wildman–Crippen LogP) is 10.7. The fraction of sp³-hybridized carbons (Fsp3) is 0.806. The van der Waals surface area contributed by atoms with Gasteiger partial charge in [0, 0.05) is 6.54 Å². The Kier molecular flexibility index (Phi) is 21.7. The van der Waals surface area contributed by atoms with Gasteiger partial charge in [0.2, 0.25) is 0 Å².